The molecule has 1 aliphatic rings. The molecule has 0 spiro atoms. The average Bonchev–Trinajstić information content (AvgIpc) is 3.25. The van der Waals surface area contributed by atoms with Crippen molar-refractivity contribution in [1.29, 1.82) is 0 Å². The van der Waals surface area contributed by atoms with Gasteiger partial charge < -0.3 is 14.3 Å². The third-order valence-electron chi connectivity index (χ3n) is 4.98. The Morgan fingerprint density at radius 1 is 1.17 bits per heavy atom. The predicted octanol–water partition coefficient (Wildman–Crippen LogP) is 4.85. The van der Waals surface area contributed by atoms with E-state index in [9.17, 15) is 4.79 Å². The van der Waals surface area contributed by atoms with Crippen LogP contribution in [0.1, 0.15) is 33.4 Å². The summed E-state index contributed by atoms with van der Waals surface area (Å²) in [5.41, 5.74) is 0.448. The fourth-order valence-electron chi connectivity index (χ4n) is 3.15. The van der Waals surface area contributed by atoms with Gasteiger partial charge in [-0.3, -0.25) is 4.79 Å². The van der Waals surface area contributed by atoms with Gasteiger partial charge in [-0.2, -0.15) is 0 Å². The van der Waals surface area contributed by atoms with Gasteiger partial charge in [-0.1, -0.05) is 57.1 Å². The number of rotatable bonds is 9. The number of hydrogen-bond acceptors (Lipinski definition) is 6. The zero-order valence-corrected chi connectivity index (χ0v) is 17.4. The number of ether oxygens (including phenoxy) is 2. The van der Waals surface area contributed by atoms with Crippen LogP contribution in [-0.4, -0.2) is 23.8 Å². The van der Waals surface area contributed by atoms with Gasteiger partial charge in [0.2, 0.25) is 5.88 Å². The molecule has 1 heterocycles. The highest BCUT2D eigenvalue weighted by atomic mass is 16.6. The van der Waals surface area contributed by atoms with Gasteiger partial charge in [0.05, 0.1) is 11.6 Å². The van der Waals surface area contributed by atoms with Gasteiger partial charge in [0.25, 0.3) is 0 Å². The molecule has 1 aliphatic carbocycles. The second-order valence-electron chi connectivity index (χ2n) is 8.26. The van der Waals surface area contributed by atoms with Crippen molar-refractivity contribution in [3.8, 4) is 11.6 Å². The fraction of sp³-hybridized carbons (Fsp3) is 0.435. The molecule has 1 aromatic heterocycles. The van der Waals surface area contributed by atoms with E-state index in [4.69, 9.17) is 14.3 Å². The van der Waals surface area contributed by atoms with Crippen molar-refractivity contribution >= 4 is 12.2 Å². The molecule has 2 unspecified atom stereocenters. The Labute approximate surface area is 171 Å². The van der Waals surface area contributed by atoms with Crippen LogP contribution in [0.4, 0.5) is 0 Å². The standard InChI is InChI=1S/C23H28N2O4/c1-16(2)14-28-24-13-19-21(23(19,3)4)22(26)27-15-17-9-8-12-20(25-17)29-18-10-6-5-7-11-18/h5-13,16,19,21H,14-15H2,1-4H3. The third-order valence-corrected chi connectivity index (χ3v) is 4.98. The van der Waals surface area contributed by atoms with Gasteiger partial charge in [0.15, 0.2) is 0 Å². The number of carbonyl (C=O) groups is 1. The Bertz CT molecular complexity index is 849. The maximum Gasteiger partial charge on any atom is 0.310 e. The summed E-state index contributed by atoms with van der Waals surface area (Å²) in [4.78, 5) is 22.2. The van der Waals surface area contributed by atoms with E-state index in [1.807, 2.05) is 56.3 Å². The summed E-state index contributed by atoms with van der Waals surface area (Å²) >= 11 is 0. The van der Waals surface area contributed by atoms with Gasteiger partial charge in [0, 0.05) is 18.2 Å². The van der Waals surface area contributed by atoms with Crippen LogP contribution in [0.15, 0.2) is 53.7 Å². The molecule has 2 aromatic rings. The van der Waals surface area contributed by atoms with Crippen LogP contribution in [0.5, 0.6) is 11.6 Å². The van der Waals surface area contributed by atoms with E-state index in [0.717, 1.165) is 0 Å². The highest BCUT2D eigenvalue weighted by molar-refractivity contribution is 5.85. The van der Waals surface area contributed by atoms with E-state index in [-0.39, 0.29) is 29.8 Å². The third kappa shape index (κ3) is 5.56. The number of para-hydroxylation sites is 1. The van der Waals surface area contributed by atoms with Crippen molar-refractivity contribution in [3.05, 3.63) is 54.2 Å². The lowest BCUT2D eigenvalue weighted by molar-refractivity contribution is -0.147. The number of pyridine rings is 1. The molecule has 29 heavy (non-hydrogen) atoms. The second-order valence-corrected chi connectivity index (χ2v) is 8.26. The topological polar surface area (TPSA) is 70.0 Å². The Morgan fingerprint density at radius 3 is 2.66 bits per heavy atom. The highest BCUT2D eigenvalue weighted by Crippen LogP contribution is 2.57. The maximum absolute atomic E-state index is 12.5. The van der Waals surface area contributed by atoms with Gasteiger partial charge in [-0.15, -0.1) is 0 Å². The first-order valence-corrected chi connectivity index (χ1v) is 9.89. The van der Waals surface area contributed by atoms with E-state index < -0.39 is 0 Å². The Morgan fingerprint density at radius 2 is 1.93 bits per heavy atom. The van der Waals surface area contributed by atoms with E-state index in [2.05, 4.69) is 24.0 Å². The lowest BCUT2D eigenvalue weighted by atomic mass is 10.1. The number of esters is 1. The summed E-state index contributed by atoms with van der Waals surface area (Å²) in [7, 11) is 0. The minimum atomic E-state index is -0.244. The molecule has 1 saturated carbocycles. The molecular formula is C23H28N2O4. The van der Waals surface area contributed by atoms with Gasteiger partial charge in [0.1, 0.15) is 19.0 Å². The van der Waals surface area contributed by atoms with Crippen molar-refractivity contribution in [3.63, 3.8) is 0 Å². The number of aromatic nitrogens is 1. The second kappa shape index (κ2) is 9.07. The van der Waals surface area contributed by atoms with Crippen LogP contribution < -0.4 is 4.74 Å². The number of hydrogen-bond donors (Lipinski definition) is 0. The van der Waals surface area contributed by atoms with Crippen molar-refractivity contribution < 1.29 is 19.1 Å². The van der Waals surface area contributed by atoms with Crippen molar-refractivity contribution in [2.75, 3.05) is 6.61 Å². The lowest BCUT2D eigenvalue weighted by Gasteiger charge is -2.08. The first-order valence-electron chi connectivity index (χ1n) is 9.89. The Hall–Kier alpha value is -2.89. The lowest BCUT2D eigenvalue weighted by Crippen LogP contribution is -2.11. The number of carbonyl (C=O) groups excluding carboxylic acids is 1. The zero-order valence-electron chi connectivity index (χ0n) is 17.4. The summed E-state index contributed by atoms with van der Waals surface area (Å²) in [6.45, 7) is 8.85. The highest BCUT2D eigenvalue weighted by Gasteiger charge is 2.62. The predicted molar refractivity (Wildman–Crippen MR) is 111 cm³/mol. The van der Waals surface area contributed by atoms with Crippen molar-refractivity contribution in [1.82, 2.24) is 4.98 Å². The smallest absolute Gasteiger partial charge is 0.310 e. The van der Waals surface area contributed by atoms with Crippen LogP contribution in [0.2, 0.25) is 0 Å². The van der Waals surface area contributed by atoms with Gasteiger partial charge >= 0.3 is 5.97 Å². The normalized spacial score (nSPS) is 19.9. The Balaban J connectivity index is 1.52. The van der Waals surface area contributed by atoms with Crippen molar-refractivity contribution in [2.45, 2.75) is 34.3 Å². The van der Waals surface area contributed by atoms with Crippen LogP contribution in [0.3, 0.4) is 0 Å². The monoisotopic (exact) mass is 396 g/mol. The number of benzene rings is 1. The molecule has 1 fully saturated rings. The molecule has 1 aromatic carbocycles. The summed E-state index contributed by atoms with van der Waals surface area (Å²) in [5.74, 6) is 1.13. The van der Waals surface area contributed by atoms with Gasteiger partial charge in [-0.25, -0.2) is 4.98 Å². The molecule has 6 heteroatoms. The molecule has 0 N–H and O–H groups in total. The molecule has 0 radical (unpaired) electrons. The number of nitrogens with zero attached hydrogens (tertiary/aromatic N) is 2. The maximum atomic E-state index is 12.5. The molecule has 154 valence electrons. The van der Waals surface area contributed by atoms with Gasteiger partial charge in [-0.05, 0) is 29.5 Å². The van der Waals surface area contributed by atoms with E-state index in [1.54, 1.807) is 12.3 Å². The van der Waals surface area contributed by atoms with Crippen LogP contribution in [0, 0.1) is 23.2 Å². The molecule has 0 saturated heterocycles. The molecule has 0 bridgehead atoms. The van der Waals surface area contributed by atoms with Crippen LogP contribution in [0.25, 0.3) is 0 Å². The largest absolute Gasteiger partial charge is 0.459 e. The van der Waals surface area contributed by atoms with E-state index in [0.29, 0.717) is 29.8 Å². The Kier molecular flexibility index (Phi) is 6.52. The average molecular weight is 396 g/mol. The molecular weight excluding hydrogens is 368 g/mol. The number of oxime groups is 1. The van der Waals surface area contributed by atoms with Crippen molar-refractivity contribution in [2.24, 2.45) is 28.3 Å². The first kappa shape index (κ1) is 20.8. The summed E-state index contributed by atoms with van der Waals surface area (Å²) in [6, 6.07) is 14.8. The quantitative estimate of drug-likeness (QED) is 0.344. The molecule has 0 amide bonds. The molecule has 0 aliphatic heterocycles. The molecule has 6 nitrogen and oxygen atoms in total. The fourth-order valence-corrected chi connectivity index (χ4v) is 3.15. The van der Waals surface area contributed by atoms with E-state index >= 15 is 0 Å². The minimum absolute atomic E-state index is 0.0165. The molecule has 2 atom stereocenters. The van der Waals surface area contributed by atoms with Crippen LogP contribution >= 0.6 is 0 Å². The molecule has 3 rings (SSSR count). The van der Waals surface area contributed by atoms with Crippen LogP contribution in [-0.2, 0) is 21.0 Å². The summed E-state index contributed by atoms with van der Waals surface area (Å²) in [5, 5.41) is 4.01. The summed E-state index contributed by atoms with van der Waals surface area (Å²) in [6.07, 6.45) is 1.72. The summed E-state index contributed by atoms with van der Waals surface area (Å²) < 4.78 is 11.2. The minimum Gasteiger partial charge on any atom is -0.459 e. The zero-order chi connectivity index (χ0) is 20.9. The SMILES string of the molecule is CC(C)CON=CC1C(C(=O)OCc2cccc(Oc3ccccc3)n2)C1(C)C. The first-order chi connectivity index (χ1) is 13.9. The van der Waals surface area contributed by atoms with E-state index in [1.165, 1.54) is 0 Å².